The maximum Gasteiger partial charge on any atom is 0.414 e. The van der Waals surface area contributed by atoms with E-state index in [1.807, 2.05) is 0 Å². The molecule has 1 fully saturated rings. The Labute approximate surface area is 92.8 Å². The van der Waals surface area contributed by atoms with E-state index in [1.54, 1.807) is 24.3 Å². The van der Waals surface area contributed by atoms with Crippen LogP contribution in [0, 0.1) is 0 Å². The topological polar surface area (TPSA) is 55.6 Å². The van der Waals surface area contributed by atoms with Gasteiger partial charge >= 0.3 is 6.09 Å². The summed E-state index contributed by atoms with van der Waals surface area (Å²) in [7, 11) is 0. The first-order valence-corrected chi connectivity index (χ1v) is 5.07. The van der Waals surface area contributed by atoms with E-state index in [4.69, 9.17) is 10.5 Å². The average Bonchev–Trinajstić information content (AvgIpc) is 2.71. The first kappa shape index (κ1) is 10.9. The van der Waals surface area contributed by atoms with Crippen LogP contribution in [0.15, 0.2) is 24.3 Å². The maximum absolute atomic E-state index is 12.5. The maximum atomic E-state index is 12.5. The van der Waals surface area contributed by atoms with Gasteiger partial charge in [0.15, 0.2) is 0 Å². The summed E-state index contributed by atoms with van der Waals surface area (Å²) in [5.74, 6) is 0. The molecule has 1 aliphatic rings. The summed E-state index contributed by atoms with van der Waals surface area (Å²) >= 11 is 0. The molecule has 0 aromatic heterocycles. The van der Waals surface area contributed by atoms with Gasteiger partial charge < -0.3 is 10.5 Å². The fraction of sp³-hybridized carbons (Fsp3) is 0.364. The zero-order chi connectivity index (χ0) is 11.5. The third-order valence-electron chi connectivity index (χ3n) is 2.51. The molecule has 0 radical (unpaired) electrons. The number of benzene rings is 1. The number of hydrogen-bond donors (Lipinski definition) is 1. The highest BCUT2D eigenvalue weighted by atomic mass is 19.1. The quantitative estimate of drug-likeness (QED) is 0.845. The zero-order valence-electron chi connectivity index (χ0n) is 8.73. The van der Waals surface area contributed by atoms with Crippen LogP contribution in [0.2, 0.25) is 0 Å². The van der Waals surface area contributed by atoms with E-state index in [0.29, 0.717) is 24.3 Å². The molecule has 1 amide bonds. The minimum atomic E-state index is -0.545. The molecule has 1 atom stereocenters. The molecule has 1 saturated heterocycles. The van der Waals surface area contributed by atoms with Gasteiger partial charge in [0.1, 0.15) is 12.8 Å². The SMILES string of the molecule is NC[C@H]1CN(c2cccc(CF)c2)C(=O)O1. The fourth-order valence-corrected chi connectivity index (χ4v) is 1.66. The van der Waals surface area contributed by atoms with Crippen LogP contribution in [0.25, 0.3) is 0 Å². The predicted molar refractivity (Wildman–Crippen MR) is 57.9 cm³/mol. The predicted octanol–water partition coefficient (Wildman–Crippen LogP) is 1.44. The van der Waals surface area contributed by atoms with Gasteiger partial charge in [-0.3, -0.25) is 4.90 Å². The molecule has 0 aliphatic carbocycles. The van der Waals surface area contributed by atoms with Gasteiger partial charge in [0, 0.05) is 12.2 Å². The number of carbonyl (C=O) groups excluding carboxylic acids is 1. The molecule has 1 aliphatic heterocycles. The molecule has 0 unspecified atom stereocenters. The molecule has 86 valence electrons. The normalized spacial score (nSPS) is 20.0. The van der Waals surface area contributed by atoms with E-state index in [2.05, 4.69) is 0 Å². The van der Waals surface area contributed by atoms with Gasteiger partial charge in [-0.25, -0.2) is 9.18 Å². The molecule has 1 aromatic carbocycles. The summed E-state index contributed by atoms with van der Waals surface area (Å²) in [6, 6.07) is 6.78. The van der Waals surface area contributed by atoms with Gasteiger partial charge in [-0.15, -0.1) is 0 Å². The minimum Gasteiger partial charge on any atom is -0.443 e. The van der Waals surface area contributed by atoms with Gasteiger partial charge in [-0.05, 0) is 17.7 Å². The van der Waals surface area contributed by atoms with Crippen molar-refractivity contribution in [2.45, 2.75) is 12.8 Å². The molecule has 1 aromatic rings. The van der Waals surface area contributed by atoms with E-state index in [1.165, 1.54) is 4.90 Å². The molecule has 16 heavy (non-hydrogen) atoms. The van der Waals surface area contributed by atoms with Crippen molar-refractivity contribution in [3.8, 4) is 0 Å². The molecule has 1 heterocycles. The standard InChI is InChI=1S/C11H13FN2O2/c12-5-8-2-1-3-9(4-8)14-7-10(6-13)16-11(14)15/h1-4,10H,5-7,13H2/t10-/m0/s1. The van der Waals surface area contributed by atoms with E-state index in [-0.39, 0.29) is 6.10 Å². The first-order valence-electron chi connectivity index (χ1n) is 5.07. The smallest absolute Gasteiger partial charge is 0.414 e. The number of alkyl halides is 1. The van der Waals surface area contributed by atoms with Crippen molar-refractivity contribution in [1.82, 2.24) is 0 Å². The second kappa shape index (κ2) is 4.49. The number of nitrogens with zero attached hydrogens (tertiary/aromatic N) is 1. The van der Waals surface area contributed by atoms with Gasteiger partial charge in [0.2, 0.25) is 0 Å². The molecule has 5 heteroatoms. The summed E-state index contributed by atoms with van der Waals surface area (Å²) in [5, 5.41) is 0. The van der Waals surface area contributed by atoms with E-state index in [0.717, 1.165) is 0 Å². The number of hydrogen-bond acceptors (Lipinski definition) is 3. The number of carbonyl (C=O) groups is 1. The number of nitrogens with two attached hydrogens (primary N) is 1. The van der Waals surface area contributed by atoms with Gasteiger partial charge in [-0.2, -0.15) is 0 Å². The van der Waals surface area contributed by atoms with E-state index in [9.17, 15) is 9.18 Å². The summed E-state index contributed by atoms with van der Waals surface area (Å²) in [6.45, 7) is 0.174. The second-order valence-electron chi connectivity index (χ2n) is 3.66. The number of ether oxygens (including phenoxy) is 1. The van der Waals surface area contributed by atoms with Crippen LogP contribution in [0.1, 0.15) is 5.56 Å². The molecule has 0 bridgehead atoms. The number of cyclic esters (lactones) is 1. The Bertz CT molecular complexity index is 397. The van der Waals surface area contributed by atoms with Crippen LogP contribution in [0.3, 0.4) is 0 Å². The molecular formula is C11H13FN2O2. The van der Waals surface area contributed by atoms with Crippen molar-refractivity contribution < 1.29 is 13.9 Å². The number of anilines is 1. The molecule has 4 nitrogen and oxygen atoms in total. The van der Waals surface area contributed by atoms with Crippen molar-refractivity contribution >= 4 is 11.8 Å². The zero-order valence-corrected chi connectivity index (χ0v) is 8.73. The number of rotatable bonds is 3. The number of halogens is 1. The van der Waals surface area contributed by atoms with Crippen LogP contribution >= 0.6 is 0 Å². The Balaban J connectivity index is 2.20. The lowest BCUT2D eigenvalue weighted by molar-refractivity contribution is 0.145. The number of amides is 1. The Hall–Kier alpha value is -1.62. The highest BCUT2D eigenvalue weighted by Gasteiger charge is 2.31. The monoisotopic (exact) mass is 224 g/mol. The third-order valence-corrected chi connectivity index (χ3v) is 2.51. The Kier molecular flexibility index (Phi) is 3.05. The van der Waals surface area contributed by atoms with Crippen molar-refractivity contribution in [1.29, 1.82) is 0 Å². The Morgan fingerprint density at radius 2 is 2.38 bits per heavy atom. The van der Waals surface area contributed by atoms with Crippen LogP contribution < -0.4 is 10.6 Å². The van der Waals surface area contributed by atoms with Crippen LogP contribution in [-0.2, 0) is 11.4 Å². The van der Waals surface area contributed by atoms with Crippen LogP contribution in [0.4, 0.5) is 14.9 Å². The first-order chi connectivity index (χ1) is 7.74. The molecule has 0 saturated carbocycles. The Morgan fingerprint density at radius 1 is 1.56 bits per heavy atom. The van der Waals surface area contributed by atoms with Crippen molar-refractivity contribution in [2.75, 3.05) is 18.0 Å². The second-order valence-corrected chi connectivity index (χ2v) is 3.66. The summed E-state index contributed by atoms with van der Waals surface area (Å²) in [4.78, 5) is 13.0. The highest BCUT2D eigenvalue weighted by molar-refractivity contribution is 5.89. The van der Waals surface area contributed by atoms with E-state index >= 15 is 0 Å². The van der Waals surface area contributed by atoms with Crippen LogP contribution in [0.5, 0.6) is 0 Å². The van der Waals surface area contributed by atoms with Crippen molar-refractivity contribution in [3.63, 3.8) is 0 Å². The van der Waals surface area contributed by atoms with Gasteiger partial charge in [0.25, 0.3) is 0 Å². The van der Waals surface area contributed by atoms with Crippen molar-refractivity contribution in [3.05, 3.63) is 29.8 Å². The molecule has 0 spiro atoms. The molecular weight excluding hydrogens is 211 g/mol. The largest absolute Gasteiger partial charge is 0.443 e. The van der Waals surface area contributed by atoms with Gasteiger partial charge in [-0.1, -0.05) is 12.1 Å². The lowest BCUT2D eigenvalue weighted by Crippen LogP contribution is -2.27. The average molecular weight is 224 g/mol. The van der Waals surface area contributed by atoms with Gasteiger partial charge in [0.05, 0.1) is 6.54 Å². The van der Waals surface area contributed by atoms with E-state index < -0.39 is 12.8 Å². The third kappa shape index (κ3) is 1.99. The molecule has 2 rings (SSSR count). The van der Waals surface area contributed by atoms with Crippen molar-refractivity contribution in [2.24, 2.45) is 5.73 Å². The van der Waals surface area contributed by atoms with Crippen LogP contribution in [-0.4, -0.2) is 25.3 Å². The minimum absolute atomic E-state index is 0.276. The highest BCUT2D eigenvalue weighted by Crippen LogP contribution is 2.22. The summed E-state index contributed by atoms with van der Waals surface area (Å²) < 4.78 is 17.5. The summed E-state index contributed by atoms with van der Waals surface area (Å²) in [5.41, 5.74) is 6.62. The Morgan fingerprint density at radius 3 is 3.00 bits per heavy atom. The fourth-order valence-electron chi connectivity index (χ4n) is 1.66. The summed E-state index contributed by atoms with van der Waals surface area (Å²) in [6.07, 6.45) is -0.701. The lowest BCUT2D eigenvalue weighted by atomic mass is 10.2. The lowest BCUT2D eigenvalue weighted by Gasteiger charge is -2.13. The molecule has 2 N–H and O–H groups in total.